The average molecular weight is 594 g/mol. The number of ether oxygens (including phenoxy) is 3. The monoisotopic (exact) mass is 594 g/mol. The summed E-state index contributed by atoms with van der Waals surface area (Å²) < 4.78 is 20.0. The first kappa shape index (κ1) is 25.7. The Bertz CT molecular complexity index is 1830. The fourth-order valence-corrected chi connectivity index (χ4v) is 5.82. The zero-order valence-corrected chi connectivity index (χ0v) is 23.5. The van der Waals surface area contributed by atoms with Gasteiger partial charge in [0.15, 0.2) is 5.75 Å². The maximum absolute atomic E-state index is 12.5. The molecule has 0 saturated carbocycles. The van der Waals surface area contributed by atoms with Crippen LogP contribution in [0, 0.1) is 6.92 Å². The SMILES string of the molecule is Cc1ccc([Se]CC=COc2ccc(COC(=O)Oc3cccc4cc5cn6ccccc6c5nc34)cc2)cc1. The molecule has 0 bridgehead atoms. The standard InChI is InChI=1S/C33H26N2O4Se/c1-23-9-15-28(16-10-23)40-19-5-18-37-27-13-11-24(12-14-27)22-38-33(36)39-30-8-4-6-25-20-26-21-35-17-3-2-7-29(35)31(26)34-32(25)30/h2-18,20-21H,19,22H2,1H3. The molecule has 0 aliphatic carbocycles. The van der Waals surface area contributed by atoms with Crippen molar-refractivity contribution >= 4 is 52.9 Å². The second kappa shape index (κ2) is 11.7. The fraction of sp³-hybridized carbons (Fsp3) is 0.0909. The van der Waals surface area contributed by atoms with Crippen LogP contribution in [-0.2, 0) is 11.3 Å². The first-order valence-corrected chi connectivity index (χ1v) is 14.9. The summed E-state index contributed by atoms with van der Waals surface area (Å²) in [5, 5.41) is 2.86. The second-order valence-electron chi connectivity index (χ2n) is 9.27. The van der Waals surface area contributed by atoms with E-state index in [1.165, 1.54) is 10.0 Å². The van der Waals surface area contributed by atoms with Gasteiger partial charge in [-0.05, 0) is 24.3 Å². The predicted octanol–water partition coefficient (Wildman–Crippen LogP) is 7.01. The number of nitrogens with zero attached hydrogens (tertiary/aromatic N) is 2. The summed E-state index contributed by atoms with van der Waals surface area (Å²) in [5.74, 6) is 1.08. The minimum atomic E-state index is -0.783. The first-order chi connectivity index (χ1) is 19.6. The molecule has 0 unspecified atom stereocenters. The summed E-state index contributed by atoms with van der Waals surface area (Å²) in [6.07, 6.45) is 7.01. The second-order valence-corrected chi connectivity index (χ2v) is 11.6. The molecule has 0 fully saturated rings. The molecule has 3 heterocycles. The van der Waals surface area contributed by atoms with Crippen LogP contribution in [0.1, 0.15) is 11.1 Å². The zero-order valence-electron chi connectivity index (χ0n) is 21.8. The quantitative estimate of drug-likeness (QED) is 0.0823. The third kappa shape index (κ3) is 5.86. The number of hydrogen-bond acceptors (Lipinski definition) is 5. The molecule has 0 radical (unpaired) electrons. The molecule has 0 spiro atoms. The van der Waals surface area contributed by atoms with Gasteiger partial charge < -0.3 is 4.40 Å². The number of rotatable bonds is 8. The van der Waals surface area contributed by atoms with Crippen molar-refractivity contribution in [3.05, 3.63) is 127 Å². The van der Waals surface area contributed by atoms with Crippen molar-refractivity contribution in [2.24, 2.45) is 0 Å². The minimum absolute atomic E-state index is 0.0839. The van der Waals surface area contributed by atoms with Crippen molar-refractivity contribution < 1.29 is 19.0 Å². The van der Waals surface area contributed by atoms with E-state index in [1.54, 1.807) is 12.3 Å². The number of para-hydroxylation sites is 1. The number of aryl methyl sites for hydroxylation is 1. The number of aromatic nitrogens is 2. The van der Waals surface area contributed by atoms with Crippen LogP contribution < -0.4 is 13.9 Å². The molecule has 0 aliphatic rings. The molecule has 40 heavy (non-hydrogen) atoms. The molecule has 0 N–H and O–H groups in total. The van der Waals surface area contributed by atoms with Crippen molar-refractivity contribution in [3.63, 3.8) is 0 Å². The number of fused-ring (bicyclic) bond motifs is 4. The molecule has 0 aliphatic heterocycles. The van der Waals surface area contributed by atoms with Crippen molar-refractivity contribution in [1.29, 1.82) is 0 Å². The van der Waals surface area contributed by atoms with Crippen LogP contribution in [0.25, 0.3) is 27.3 Å². The van der Waals surface area contributed by atoms with Gasteiger partial charge in [-0.15, -0.1) is 0 Å². The van der Waals surface area contributed by atoms with E-state index in [0.717, 1.165) is 38.4 Å². The number of hydrogen-bond donors (Lipinski definition) is 0. The van der Waals surface area contributed by atoms with E-state index < -0.39 is 6.16 Å². The number of carbonyl (C=O) groups is 1. The van der Waals surface area contributed by atoms with Gasteiger partial charge in [0, 0.05) is 23.2 Å². The third-order valence-electron chi connectivity index (χ3n) is 6.39. The Balaban J connectivity index is 1.03. The summed E-state index contributed by atoms with van der Waals surface area (Å²) in [4.78, 5) is 17.4. The van der Waals surface area contributed by atoms with E-state index in [-0.39, 0.29) is 6.61 Å². The summed E-state index contributed by atoms with van der Waals surface area (Å²) in [5.41, 5.74) is 4.55. The Kier molecular flexibility index (Phi) is 7.49. The molecule has 6 rings (SSSR count). The van der Waals surface area contributed by atoms with Crippen molar-refractivity contribution in [1.82, 2.24) is 9.38 Å². The molecule has 198 valence electrons. The molecule has 7 heteroatoms. The van der Waals surface area contributed by atoms with Crippen LogP contribution >= 0.6 is 0 Å². The van der Waals surface area contributed by atoms with Crippen LogP contribution in [0.4, 0.5) is 4.79 Å². The molecular formula is C33H26N2O4Se. The summed E-state index contributed by atoms with van der Waals surface area (Å²) in [6.45, 7) is 2.18. The molecule has 0 saturated heterocycles. The fourth-order valence-electron chi connectivity index (χ4n) is 4.36. The van der Waals surface area contributed by atoms with Gasteiger partial charge in [-0.2, -0.15) is 0 Å². The molecular weight excluding hydrogens is 567 g/mol. The molecule has 0 atom stereocenters. The topological polar surface area (TPSA) is 62.1 Å². The zero-order chi connectivity index (χ0) is 27.3. The Labute approximate surface area is 238 Å². The van der Waals surface area contributed by atoms with Gasteiger partial charge in [0.05, 0.1) is 11.0 Å². The van der Waals surface area contributed by atoms with Gasteiger partial charge in [0.2, 0.25) is 0 Å². The molecule has 6 nitrogen and oxygen atoms in total. The summed E-state index contributed by atoms with van der Waals surface area (Å²) >= 11 is 0.384. The van der Waals surface area contributed by atoms with E-state index in [1.807, 2.05) is 83.5 Å². The predicted molar refractivity (Wildman–Crippen MR) is 159 cm³/mol. The van der Waals surface area contributed by atoms with Crippen LogP contribution in [0.3, 0.4) is 0 Å². The van der Waals surface area contributed by atoms with Gasteiger partial charge >= 0.3 is 141 Å². The number of carbonyl (C=O) groups excluding carboxylic acids is 1. The summed E-state index contributed by atoms with van der Waals surface area (Å²) in [7, 11) is 0. The third-order valence-corrected chi connectivity index (χ3v) is 8.41. The molecule has 6 aromatic rings. The maximum atomic E-state index is 12.5. The number of allylic oxidation sites excluding steroid dienone is 1. The van der Waals surface area contributed by atoms with Crippen molar-refractivity contribution in [3.8, 4) is 11.5 Å². The van der Waals surface area contributed by atoms with E-state index in [9.17, 15) is 4.79 Å². The van der Waals surface area contributed by atoms with Crippen LogP contribution in [0.15, 0.2) is 116 Å². The van der Waals surface area contributed by atoms with Crippen LogP contribution in [0.5, 0.6) is 11.5 Å². The van der Waals surface area contributed by atoms with Crippen LogP contribution in [0.2, 0.25) is 5.32 Å². The van der Waals surface area contributed by atoms with Gasteiger partial charge in [0.1, 0.15) is 5.52 Å². The first-order valence-electron chi connectivity index (χ1n) is 12.9. The number of benzene rings is 3. The van der Waals surface area contributed by atoms with Gasteiger partial charge in [-0.1, -0.05) is 18.2 Å². The Morgan fingerprint density at radius 3 is 2.62 bits per heavy atom. The van der Waals surface area contributed by atoms with Crippen molar-refractivity contribution in [2.45, 2.75) is 18.8 Å². The Morgan fingerprint density at radius 1 is 0.925 bits per heavy atom. The number of pyridine rings is 2. The Hall–Kier alpha value is -4.58. The Morgan fingerprint density at radius 2 is 1.77 bits per heavy atom. The molecule has 3 aromatic heterocycles. The van der Waals surface area contributed by atoms with Crippen LogP contribution in [-0.4, -0.2) is 30.5 Å². The van der Waals surface area contributed by atoms with Crippen molar-refractivity contribution in [2.75, 3.05) is 0 Å². The van der Waals surface area contributed by atoms with E-state index >= 15 is 0 Å². The molecule has 3 aromatic carbocycles. The average Bonchev–Trinajstić information content (AvgIpc) is 3.34. The summed E-state index contributed by atoms with van der Waals surface area (Å²) in [6, 6.07) is 29.6. The van der Waals surface area contributed by atoms with E-state index in [4.69, 9.17) is 19.2 Å². The van der Waals surface area contributed by atoms with Gasteiger partial charge in [-0.3, -0.25) is 0 Å². The van der Waals surface area contributed by atoms with Gasteiger partial charge in [-0.25, -0.2) is 4.98 Å². The van der Waals surface area contributed by atoms with Gasteiger partial charge in [0.25, 0.3) is 0 Å². The van der Waals surface area contributed by atoms with E-state index in [0.29, 0.717) is 26.2 Å². The van der Waals surface area contributed by atoms with E-state index in [2.05, 4.69) is 31.2 Å². The normalized spacial score (nSPS) is 11.4. The molecule has 0 amide bonds.